The molecular weight excluding hydrogens is 542 g/mol. The zero-order valence-electron chi connectivity index (χ0n) is 27.1. The number of allylic oxidation sites excluding steroid dienone is 2. The number of ketones is 1. The molecule has 0 amide bonds. The fraction of sp³-hybridized carbons (Fsp3) is 0.743. The molecule has 232 valence electrons. The predicted molar refractivity (Wildman–Crippen MR) is 159 cm³/mol. The van der Waals surface area contributed by atoms with Gasteiger partial charge in [0.2, 0.25) is 11.8 Å². The van der Waals surface area contributed by atoms with Crippen molar-refractivity contribution in [2.24, 2.45) is 39.4 Å². The van der Waals surface area contributed by atoms with Gasteiger partial charge in [-0.3, -0.25) is 9.59 Å². The summed E-state index contributed by atoms with van der Waals surface area (Å²) in [6, 6.07) is 0. The number of hydrogen-bond acceptors (Lipinski definition) is 8. The highest BCUT2D eigenvalue weighted by Crippen LogP contribution is 2.74. The van der Waals surface area contributed by atoms with Crippen LogP contribution >= 0.6 is 0 Å². The molecule has 2 aromatic rings. The highest BCUT2D eigenvalue weighted by atomic mass is 16.5. The van der Waals surface area contributed by atoms with Gasteiger partial charge >= 0.3 is 5.97 Å². The lowest BCUT2D eigenvalue weighted by atomic mass is 9.34. The SMILES string of the molecule is CC(=O)OC[C@]1(C)c2oncc2C[C@]2(C)C3=CC(=O)[C@@H]4[C@@H]5CC(C)(C)CC[C@]5(c5nnc(C)o5)CC[C@@]4(C)[C@]3(C)CCC21. The Hall–Kier alpha value is -2.77. The first kappa shape index (κ1) is 29.0. The van der Waals surface area contributed by atoms with Gasteiger partial charge in [0.05, 0.1) is 17.0 Å². The summed E-state index contributed by atoms with van der Waals surface area (Å²) in [6.07, 6.45) is 11.5. The molecule has 8 nitrogen and oxygen atoms in total. The number of carbonyl (C=O) groups is 2. The zero-order valence-corrected chi connectivity index (χ0v) is 27.1. The van der Waals surface area contributed by atoms with E-state index in [0.29, 0.717) is 5.89 Å². The highest BCUT2D eigenvalue weighted by molar-refractivity contribution is 5.95. The number of hydrogen-bond donors (Lipinski definition) is 0. The van der Waals surface area contributed by atoms with E-state index < -0.39 is 5.41 Å². The Morgan fingerprint density at radius 2 is 1.79 bits per heavy atom. The Morgan fingerprint density at radius 1 is 1.05 bits per heavy atom. The van der Waals surface area contributed by atoms with Gasteiger partial charge in [-0.05, 0) is 97.9 Å². The van der Waals surface area contributed by atoms with Crippen LogP contribution < -0.4 is 0 Å². The summed E-state index contributed by atoms with van der Waals surface area (Å²) in [5.41, 5.74) is 1.02. The van der Waals surface area contributed by atoms with E-state index in [9.17, 15) is 9.59 Å². The van der Waals surface area contributed by atoms with Gasteiger partial charge in [-0.1, -0.05) is 45.3 Å². The Kier molecular flexibility index (Phi) is 6.00. The minimum Gasteiger partial charge on any atom is -0.465 e. The van der Waals surface area contributed by atoms with Crippen molar-refractivity contribution in [3.63, 3.8) is 0 Å². The second-order valence-corrected chi connectivity index (χ2v) is 16.5. The van der Waals surface area contributed by atoms with Gasteiger partial charge in [-0.25, -0.2) is 0 Å². The molecule has 0 aliphatic heterocycles. The number of rotatable bonds is 3. The summed E-state index contributed by atoms with van der Waals surface area (Å²) >= 11 is 0. The van der Waals surface area contributed by atoms with Gasteiger partial charge < -0.3 is 13.7 Å². The third-order valence-corrected chi connectivity index (χ3v) is 13.7. The van der Waals surface area contributed by atoms with Gasteiger partial charge in [-0.2, -0.15) is 0 Å². The number of aryl methyl sites for hydroxylation is 1. The molecule has 0 saturated heterocycles. The molecule has 2 heterocycles. The van der Waals surface area contributed by atoms with Crippen LogP contribution in [0.5, 0.6) is 0 Å². The molecule has 0 N–H and O–H groups in total. The van der Waals surface area contributed by atoms with E-state index in [-0.39, 0.29) is 63.2 Å². The fourth-order valence-electron chi connectivity index (χ4n) is 11.4. The molecule has 8 atom stereocenters. The van der Waals surface area contributed by atoms with E-state index in [1.54, 1.807) is 0 Å². The number of aromatic nitrogens is 3. The molecule has 2 aromatic heterocycles. The van der Waals surface area contributed by atoms with Gasteiger partial charge in [0.25, 0.3) is 0 Å². The van der Waals surface area contributed by atoms with Gasteiger partial charge in [0.1, 0.15) is 12.4 Å². The summed E-state index contributed by atoms with van der Waals surface area (Å²) in [7, 11) is 0. The minimum absolute atomic E-state index is 0.107. The summed E-state index contributed by atoms with van der Waals surface area (Å²) in [4.78, 5) is 26.8. The van der Waals surface area contributed by atoms with Crippen LogP contribution in [0.2, 0.25) is 0 Å². The van der Waals surface area contributed by atoms with Crippen molar-refractivity contribution in [1.29, 1.82) is 0 Å². The first-order chi connectivity index (χ1) is 20.1. The van der Waals surface area contributed by atoms with E-state index in [4.69, 9.17) is 13.7 Å². The molecule has 5 aliphatic carbocycles. The monoisotopic (exact) mass is 589 g/mol. The number of carbonyl (C=O) groups excluding carboxylic acids is 2. The van der Waals surface area contributed by atoms with Crippen molar-refractivity contribution in [2.45, 2.75) is 118 Å². The van der Waals surface area contributed by atoms with E-state index >= 15 is 0 Å². The zero-order chi connectivity index (χ0) is 30.8. The van der Waals surface area contributed by atoms with E-state index in [2.05, 4.69) is 63.0 Å². The smallest absolute Gasteiger partial charge is 0.302 e. The van der Waals surface area contributed by atoms with Gasteiger partial charge in [-0.15, -0.1) is 10.2 Å². The summed E-state index contributed by atoms with van der Waals surface area (Å²) in [6.45, 7) is 17.6. The van der Waals surface area contributed by atoms with E-state index in [1.807, 2.05) is 13.1 Å². The fourth-order valence-corrected chi connectivity index (χ4v) is 11.4. The summed E-state index contributed by atoms with van der Waals surface area (Å²) < 4.78 is 17.8. The van der Waals surface area contributed by atoms with Gasteiger partial charge in [0, 0.05) is 25.3 Å². The molecule has 8 heteroatoms. The quantitative estimate of drug-likeness (QED) is 0.358. The molecule has 0 spiro atoms. The third kappa shape index (κ3) is 3.70. The van der Waals surface area contributed by atoms with Crippen LogP contribution in [0.25, 0.3) is 0 Å². The molecule has 0 aromatic carbocycles. The summed E-state index contributed by atoms with van der Waals surface area (Å²) in [5.74, 6) is 2.31. The standard InChI is InChI=1S/C35H47N3O5/c1-20-37-38-29(42-20)35-13-11-30(3,4)17-23(35)27-24(40)15-26-31(5)16-22-18-36-43-28(22)32(6,19-41-21(2)39)25(31)9-10-33(26,7)34(27,8)12-14-35/h15,18,23,25,27H,9-14,16-17,19H2,1-8H3/t23-,25?,27-,31-,32-,33+,34+,35-/m0/s1. The summed E-state index contributed by atoms with van der Waals surface area (Å²) in [5, 5.41) is 13.1. The maximum atomic E-state index is 14.8. The molecule has 0 radical (unpaired) electrons. The Morgan fingerprint density at radius 3 is 2.49 bits per heavy atom. The Balaban J connectivity index is 1.36. The molecule has 7 rings (SSSR count). The number of esters is 1. The van der Waals surface area contributed by atoms with Crippen LogP contribution in [0.4, 0.5) is 0 Å². The highest BCUT2D eigenvalue weighted by Gasteiger charge is 2.71. The van der Waals surface area contributed by atoms with Crippen molar-refractivity contribution in [3.8, 4) is 0 Å². The second-order valence-electron chi connectivity index (χ2n) is 16.5. The largest absolute Gasteiger partial charge is 0.465 e. The number of nitrogens with zero attached hydrogens (tertiary/aromatic N) is 3. The maximum absolute atomic E-state index is 14.8. The normalized spacial score (nSPS) is 42.9. The average molecular weight is 590 g/mol. The first-order valence-corrected chi connectivity index (χ1v) is 16.2. The topological polar surface area (TPSA) is 108 Å². The average Bonchev–Trinajstić information content (AvgIpc) is 3.58. The molecule has 3 fully saturated rings. The van der Waals surface area contributed by atoms with Crippen molar-refractivity contribution in [1.82, 2.24) is 15.4 Å². The van der Waals surface area contributed by atoms with Crippen LogP contribution in [-0.2, 0) is 31.6 Å². The van der Waals surface area contributed by atoms with Crippen molar-refractivity contribution < 1.29 is 23.3 Å². The van der Waals surface area contributed by atoms with Crippen molar-refractivity contribution in [2.75, 3.05) is 6.61 Å². The molecule has 3 saturated carbocycles. The van der Waals surface area contributed by atoms with Crippen LogP contribution in [0.3, 0.4) is 0 Å². The lowest BCUT2D eigenvalue weighted by Crippen LogP contribution is -2.66. The first-order valence-electron chi connectivity index (χ1n) is 16.2. The van der Waals surface area contributed by atoms with Crippen LogP contribution in [-0.4, -0.2) is 33.7 Å². The lowest BCUT2D eigenvalue weighted by molar-refractivity contribution is -0.163. The minimum atomic E-state index is -0.529. The Labute approximate surface area is 254 Å². The van der Waals surface area contributed by atoms with Crippen molar-refractivity contribution in [3.05, 3.63) is 41.0 Å². The van der Waals surface area contributed by atoms with E-state index in [1.165, 1.54) is 12.5 Å². The van der Waals surface area contributed by atoms with Crippen LogP contribution in [0, 0.1) is 46.3 Å². The predicted octanol–water partition coefficient (Wildman–Crippen LogP) is 6.86. The molecular formula is C35H47N3O5. The molecule has 43 heavy (non-hydrogen) atoms. The van der Waals surface area contributed by atoms with Crippen LogP contribution in [0.1, 0.15) is 117 Å². The third-order valence-electron chi connectivity index (χ3n) is 13.7. The Bertz CT molecular complexity index is 1540. The van der Waals surface area contributed by atoms with E-state index in [0.717, 1.165) is 68.6 Å². The van der Waals surface area contributed by atoms with Crippen molar-refractivity contribution >= 4 is 11.8 Å². The maximum Gasteiger partial charge on any atom is 0.302 e. The number of fused-ring (bicyclic) bond motifs is 8. The number of ether oxygens (including phenoxy) is 1. The molecule has 1 unspecified atom stereocenters. The van der Waals surface area contributed by atoms with Crippen LogP contribution in [0.15, 0.2) is 26.8 Å². The second kappa shape index (κ2) is 8.91. The molecule has 5 aliphatic rings. The van der Waals surface area contributed by atoms with Gasteiger partial charge in [0.15, 0.2) is 5.78 Å². The lowest BCUT2D eigenvalue weighted by Gasteiger charge is -2.69. The molecule has 0 bridgehead atoms.